The normalized spacial score (nSPS) is 18.2. The van der Waals surface area contributed by atoms with Gasteiger partial charge in [0.15, 0.2) is 11.5 Å². The maximum absolute atomic E-state index is 12.6. The summed E-state index contributed by atoms with van der Waals surface area (Å²) in [4.78, 5) is 14.6. The average molecular weight is 353 g/mol. The van der Waals surface area contributed by atoms with E-state index < -0.39 is 0 Å². The molecule has 0 saturated carbocycles. The number of amides is 1. The van der Waals surface area contributed by atoms with Crippen molar-refractivity contribution in [1.82, 2.24) is 4.90 Å². The average Bonchev–Trinajstić information content (AvgIpc) is 3.32. The van der Waals surface area contributed by atoms with Crippen molar-refractivity contribution in [3.8, 4) is 17.2 Å². The molecule has 1 atom stereocenters. The highest BCUT2D eigenvalue weighted by Gasteiger charge is 2.28. The van der Waals surface area contributed by atoms with Crippen LogP contribution in [0, 0.1) is 0 Å². The summed E-state index contributed by atoms with van der Waals surface area (Å²) >= 11 is 0. The molecule has 0 aliphatic carbocycles. The minimum absolute atomic E-state index is 0.178. The quantitative estimate of drug-likeness (QED) is 0.827. The molecule has 136 valence electrons. The van der Waals surface area contributed by atoms with Crippen LogP contribution in [-0.2, 0) is 11.2 Å². The van der Waals surface area contributed by atoms with Gasteiger partial charge in [0.05, 0.1) is 13.0 Å². The van der Waals surface area contributed by atoms with Gasteiger partial charge in [0.25, 0.3) is 0 Å². The van der Waals surface area contributed by atoms with Gasteiger partial charge in [-0.05, 0) is 48.7 Å². The van der Waals surface area contributed by atoms with E-state index in [1.165, 1.54) is 5.56 Å². The number of carbonyl (C=O) groups is 1. The zero-order chi connectivity index (χ0) is 17.9. The van der Waals surface area contributed by atoms with E-state index in [4.69, 9.17) is 14.2 Å². The summed E-state index contributed by atoms with van der Waals surface area (Å²) < 4.78 is 16.3. The van der Waals surface area contributed by atoms with Crippen LogP contribution in [0.4, 0.5) is 0 Å². The van der Waals surface area contributed by atoms with Gasteiger partial charge in [0, 0.05) is 19.0 Å². The lowest BCUT2D eigenvalue weighted by molar-refractivity contribution is -0.129. The van der Waals surface area contributed by atoms with Crippen LogP contribution in [0.15, 0.2) is 42.5 Å². The molecule has 26 heavy (non-hydrogen) atoms. The molecule has 0 bridgehead atoms. The number of benzene rings is 2. The van der Waals surface area contributed by atoms with Gasteiger partial charge >= 0.3 is 0 Å². The molecule has 2 aliphatic rings. The molecule has 2 aromatic carbocycles. The molecule has 0 spiro atoms. The second-order valence-electron chi connectivity index (χ2n) is 6.69. The Morgan fingerprint density at radius 2 is 1.96 bits per heavy atom. The predicted octanol–water partition coefficient (Wildman–Crippen LogP) is 3.37. The molecular formula is C21H23NO4. The van der Waals surface area contributed by atoms with Crippen molar-refractivity contribution in [2.75, 3.05) is 26.5 Å². The topological polar surface area (TPSA) is 48.0 Å². The molecule has 1 fully saturated rings. The van der Waals surface area contributed by atoms with Crippen LogP contribution in [0.3, 0.4) is 0 Å². The lowest BCUT2D eigenvalue weighted by atomic mass is 9.98. The number of rotatable bonds is 5. The van der Waals surface area contributed by atoms with E-state index >= 15 is 0 Å². The number of carbonyl (C=O) groups excluding carboxylic acids is 1. The third kappa shape index (κ3) is 3.47. The summed E-state index contributed by atoms with van der Waals surface area (Å²) in [7, 11) is 0. The van der Waals surface area contributed by atoms with E-state index in [1.807, 2.05) is 48.2 Å². The number of nitrogens with zero attached hydrogens (tertiary/aromatic N) is 1. The highest BCUT2D eigenvalue weighted by Crippen LogP contribution is 2.37. The van der Waals surface area contributed by atoms with Gasteiger partial charge in [0.2, 0.25) is 12.7 Å². The standard InChI is InChI=1S/C21H23NO4/c1-2-24-18-6-3-15(4-7-18)11-21(23)22-10-9-17(13-22)16-5-8-19-20(12-16)26-14-25-19/h3-8,12,17H,2,9-11,13-14H2,1H3. The molecule has 1 unspecified atom stereocenters. The minimum atomic E-state index is 0.178. The first kappa shape index (κ1) is 16.8. The van der Waals surface area contributed by atoms with Crippen LogP contribution in [-0.4, -0.2) is 37.3 Å². The van der Waals surface area contributed by atoms with Crippen molar-refractivity contribution >= 4 is 5.91 Å². The van der Waals surface area contributed by atoms with Crippen molar-refractivity contribution in [2.24, 2.45) is 0 Å². The van der Waals surface area contributed by atoms with Crippen LogP contribution >= 0.6 is 0 Å². The molecule has 5 heteroatoms. The van der Waals surface area contributed by atoms with Gasteiger partial charge in [-0.15, -0.1) is 0 Å². The zero-order valence-electron chi connectivity index (χ0n) is 14.9. The third-order valence-electron chi connectivity index (χ3n) is 5.00. The Bertz CT molecular complexity index is 787. The lowest BCUT2D eigenvalue weighted by Crippen LogP contribution is -2.29. The summed E-state index contributed by atoms with van der Waals surface area (Å²) in [6, 6.07) is 13.9. The highest BCUT2D eigenvalue weighted by molar-refractivity contribution is 5.79. The molecule has 2 aromatic rings. The van der Waals surface area contributed by atoms with Crippen LogP contribution in [0.25, 0.3) is 0 Å². The van der Waals surface area contributed by atoms with Crippen molar-refractivity contribution in [1.29, 1.82) is 0 Å². The first-order valence-electron chi connectivity index (χ1n) is 9.12. The Labute approximate surface area is 153 Å². The van der Waals surface area contributed by atoms with E-state index in [0.717, 1.165) is 42.3 Å². The van der Waals surface area contributed by atoms with Crippen molar-refractivity contribution in [2.45, 2.75) is 25.7 Å². The van der Waals surface area contributed by atoms with Crippen molar-refractivity contribution < 1.29 is 19.0 Å². The van der Waals surface area contributed by atoms with Gasteiger partial charge in [-0.3, -0.25) is 4.79 Å². The van der Waals surface area contributed by atoms with E-state index in [1.54, 1.807) is 0 Å². The Morgan fingerprint density at radius 1 is 1.15 bits per heavy atom. The number of likely N-dealkylation sites (tertiary alicyclic amines) is 1. The number of hydrogen-bond donors (Lipinski definition) is 0. The van der Waals surface area contributed by atoms with E-state index in [0.29, 0.717) is 18.9 Å². The Morgan fingerprint density at radius 3 is 2.77 bits per heavy atom. The molecule has 1 saturated heterocycles. The smallest absolute Gasteiger partial charge is 0.231 e. The molecule has 0 N–H and O–H groups in total. The SMILES string of the molecule is CCOc1ccc(CC(=O)N2CCC(c3ccc4c(c3)OCO4)C2)cc1. The fraction of sp³-hybridized carbons (Fsp3) is 0.381. The van der Waals surface area contributed by atoms with Gasteiger partial charge in [-0.1, -0.05) is 18.2 Å². The summed E-state index contributed by atoms with van der Waals surface area (Å²) in [5.74, 6) is 2.98. The maximum atomic E-state index is 12.6. The second kappa shape index (κ2) is 7.28. The summed E-state index contributed by atoms with van der Waals surface area (Å²) in [5, 5.41) is 0. The molecule has 2 aliphatic heterocycles. The van der Waals surface area contributed by atoms with E-state index in [2.05, 4.69) is 6.07 Å². The van der Waals surface area contributed by atoms with Crippen molar-refractivity contribution in [3.63, 3.8) is 0 Å². The fourth-order valence-corrected chi connectivity index (χ4v) is 3.58. The molecule has 0 aromatic heterocycles. The predicted molar refractivity (Wildman–Crippen MR) is 97.8 cm³/mol. The first-order valence-corrected chi connectivity index (χ1v) is 9.12. The van der Waals surface area contributed by atoms with Crippen LogP contribution in [0.5, 0.6) is 17.2 Å². The lowest BCUT2D eigenvalue weighted by Gasteiger charge is -2.17. The number of fused-ring (bicyclic) bond motifs is 1. The molecule has 1 amide bonds. The maximum Gasteiger partial charge on any atom is 0.231 e. The van der Waals surface area contributed by atoms with E-state index in [9.17, 15) is 4.79 Å². The molecule has 4 rings (SSSR count). The van der Waals surface area contributed by atoms with Gasteiger partial charge in [0.1, 0.15) is 5.75 Å². The van der Waals surface area contributed by atoms with Crippen LogP contribution < -0.4 is 14.2 Å². The first-order chi connectivity index (χ1) is 12.7. The van der Waals surface area contributed by atoms with Crippen LogP contribution in [0.2, 0.25) is 0 Å². The molecule has 0 radical (unpaired) electrons. The highest BCUT2D eigenvalue weighted by atomic mass is 16.7. The Kier molecular flexibility index (Phi) is 4.69. The third-order valence-corrected chi connectivity index (χ3v) is 5.00. The fourth-order valence-electron chi connectivity index (χ4n) is 3.58. The Hall–Kier alpha value is -2.69. The van der Waals surface area contributed by atoms with Gasteiger partial charge in [-0.25, -0.2) is 0 Å². The molecule has 2 heterocycles. The van der Waals surface area contributed by atoms with Crippen molar-refractivity contribution in [3.05, 3.63) is 53.6 Å². The minimum Gasteiger partial charge on any atom is -0.494 e. The largest absolute Gasteiger partial charge is 0.494 e. The monoisotopic (exact) mass is 353 g/mol. The van der Waals surface area contributed by atoms with E-state index in [-0.39, 0.29) is 12.7 Å². The summed E-state index contributed by atoms with van der Waals surface area (Å²) in [5.41, 5.74) is 2.23. The van der Waals surface area contributed by atoms with Crippen LogP contribution in [0.1, 0.15) is 30.4 Å². The molecular weight excluding hydrogens is 330 g/mol. The number of hydrogen-bond acceptors (Lipinski definition) is 4. The summed E-state index contributed by atoms with van der Waals surface area (Å²) in [6.45, 7) is 4.45. The molecule has 5 nitrogen and oxygen atoms in total. The van der Waals surface area contributed by atoms with Gasteiger partial charge < -0.3 is 19.1 Å². The summed E-state index contributed by atoms with van der Waals surface area (Å²) in [6.07, 6.45) is 1.41. The zero-order valence-corrected chi connectivity index (χ0v) is 14.9. The number of ether oxygens (including phenoxy) is 3. The Balaban J connectivity index is 1.36. The van der Waals surface area contributed by atoms with Gasteiger partial charge in [-0.2, -0.15) is 0 Å². The second-order valence-corrected chi connectivity index (χ2v) is 6.69.